The molecule has 0 spiro atoms. The number of carbonyl (C=O) groups excluding carboxylic acids is 1. The van der Waals surface area contributed by atoms with E-state index in [2.05, 4.69) is 4.52 Å². The minimum absolute atomic E-state index is 0.217. The van der Waals surface area contributed by atoms with Crippen LogP contribution in [0, 0.1) is 0 Å². The summed E-state index contributed by atoms with van der Waals surface area (Å²) >= 11 is 0. The van der Waals surface area contributed by atoms with Crippen molar-refractivity contribution in [1.82, 2.24) is 0 Å². The Balaban J connectivity index is 2.58. The third-order valence-corrected chi connectivity index (χ3v) is 3.36. The summed E-state index contributed by atoms with van der Waals surface area (Å²) in [5.41, 5.74) is 0.981. The summed E-state index contributed by atoms with van der Waals surface area (Å²) in [6, 6.07) is 6.67. The highest BCUT2D eigenvalue weighted by Gasteiger charge is 2.19. The van der Waals surface area contributed by atoms with E-state index in [1.807, 2.05) is 6.92 Å². The molecular weight excluding hydrogens is 255 g/mol. The van der Waals surface area contributed by atoms with Crippen molar-refractivity contribution in [3.8, 4) is 5.75 Å². The van der Waals surface area contributed by atoms with Gasteiger partial charge in [-0.3, -0.25) is 14.2 Å². The van der Waals surface area contributed by atoms with Crippen molar-refractivity contribution >= 4 is 13.6 Å². The van der Waals surface area contributed by atoms with Gasteiger partial charge in [-0.1, -0.05) is 19.1 Å². The van der Waals surface area contributed by atoms with Crippen LogP contribution in [0.25, 0.3) is 0 Å². The number of Topliss-reactive ketones (excluding diaryl/α,β-unsaturated/α-hetero) is 1. The van der Waals surface area contributed by atoms with Crippen LogP contribution < -0.4 is 4.52 Å². The second kappa shape index (κ2) is 6.69. The normalized spacial score (nSPS) is 13.9. The van der Waals surface area contributed by atoms with Crippen LogP contribution in [0.5, 0.6) is 5.75 Å². The zero-order valence-electron chi connectivity index (χ0n) is 10.5. The number of rotatable bonds is 7. The van der Waals surface area contributed by atoms with Gasteiger partial charge in [0.15, 0.2) is 0 Å². The summed E-state index contributed by atoms with van der Waals surface area (Å²) in [5, 5.41) is 0. The molecule has 5 nitrogen and oxygen atoms in total. The van der Waals surface area contributed by atoms with Gasteiger partial charge in [0.1, 0.15) is 11.5 Å². The molecule has 0 heterocycles. The van der Waals surface area contributed by atoms with E-state index in [9.17, 15) is 9.36 Å². The van der Waals surface area contributed by atoms with Crippen LogP contribution in [0.4, 0.5) is 0 Å². The molecular formula is C12H17O5P. The molecule has 0 aliphatic carbocycles. The number of benzene rings is 1. The first kappa shape index (κ1) is 14.9. The zero-order valence-corrected chi connectivity index (χ0v) is 11.4. The minimum atomic E-state index is -4.00. The smallest absolute Gasteiger partial charge is 0.404 e. The maximum atomic E-state index is 11.2. The number of hydrogen-bond acceptors (Lipinski definition) is 4. The van der Waals surface area contributed by atoms with Gasteiger partial charge in [0, 0.05) is 20.0 Å². The summed E-state index contributed by atoms with van der Waals surface area (Å²) in [6.45, 7) is 1.84. The van der Waals surface area contributed by atoms with Crippen LogP contribution in [0.15, 0.2) is 24.3 Å². The van der Waals surface area contributed by atoms with Crippen LogP contribution >= 0.6 is 7.82 Å². The molecule has 0 aliphatic rings. The fraction of sp³-hybridized carbons (Fsp3) is 0.417. The maximum Gasteiger partial charge on any atom is 0.527 e. The summed E-state index contributed by atoms with van der Waals surface area (Å²) in [7, 11) is -2.90. The molecule has 0 aromatic heterocycles. The lowest BCUT2D eigenvalue weighted by atomic mass is 10.1. The molecule has 1 atom stereocenters. The third kappa shape index (κ3) is 5.00. The fourth-order valence-electron chi connectivity index (χ4n) is 1.35. The molecule has 6 heteroatoms. The molecule has 0 saturated carbocycles. The molecule has 1 aromatic carbocycles. The quantitative estimate of drug-likeness (QED) is 0.772. The average Bonchev–Trinajstić information content (AvgIpc) is 2.37. The molecule has 1 unspecified atom stereocenters. The van der Waals surface area contributed by atoms with E-state index in [1.165, 1.54) is 0 Å². The first-order valence-corrected chi connectivity index (χ1v) is 7.15. The molecule has 0 aliphatic heterocycles. The summed E-state index contributed by atoms with van der Waals surface area (Å²) in [5.74, 6) is 0.475. The number of hydrogen-bond donors (Lipinski definition) is 1. The molecule has 1 rings (SSSR count). The van der Waals surface area contributed by atoms with E-state index in [-0.39, 0.29) is 11.5 Å². The SMILES string of the molecule is CCC(=O)CCc1ccc(OP(=O)(O)OC)cc1. The van der Waals surface area contributed by atoms with Crippen LogP contribution in [0.1, 0.15) is 25.3 Å². The Morgan fingerprint density at radius 2 is 1.94 bits per heavy atom. The standard InChI is InChI=1S/C12H17O5P/c1-3-11(13)7-4-10-5-8-12(9-6-10)17-18(14,15)16-2/h5-6,8-9H,3-4,7H2,1-2H3,(H,14,15). The van der Waals surface area contributed by atoms with Crippen LogP contribution in [0.3, 0.4) is 0 Å². The van der Waals surface area contributed by atoms with Crippen molar-refractivity contribution in [3.05, 3.63) is 29.8 Å². The van der Waals surface area contributed by atoms with Gasteiger partial charge in [0.25, 0.3) is 0 Å². The second-order valence-electron chi connectivity index (χ2n) is 3.78. The first-order chi connectivity index (χ1) is 8.46. The average molecular weight is 272 g/mol. The second-order valence-corrected chi connectivity index (χ2v) is 5.26. The Labute approximate surface area is 106 Å². The van der Waals surface area contributed by atoms with Gasteiger partial charge in [0.2, 0.25) is 0 Å². The highest BCUT2D eigenvalue weighted by atomic mass is 31.2. The number of phosphoric ester groups is 1. The maximum absolute atomic E-state index is 11.2. The van der Waals surface area contributed by atoms with Gasteiger partial charge in [-0.15, -0.1) is 0 Å². The van der Waals surface area contributed by atoms with Gasteiger partial charge in [-0.2, -0.15) is 0 Å². The molecule has 1 N–H and O–H groups in total. The Bertz CT molecular complexity index is 440. The van der Waals surface area contributed by atoms with E-state index in [1.54, 1.807) is 24.3 Å². The van der Waals surface area contributed by atoms with Gasteiger partial charge in [-0.25, -0.2) is 4.57 Å². The van der Waals surface area contributed by atoms with Gasteiger partial charge in [-0.05, 0) is 24.1 Å². The Hall–Kier alpha value is -1.16. The van der Waals surface area contributed by atoms with Crippen molar-refractivity contribution in [2.24, 2.45) is 0 Å². The molecule has 0 bridgehead atoms. The van der Waals surface area contributed by atoms with Gasteiger partial charge >= 0.3 is 7.82 Å². The lowest BCUT2D eigenvalue weighted by Gasteiger charge is -2.10. The van der Waals surface area contributed by atoms with Crippen molar-refractivity contribution in [2.75, 3.05) is 7.11 Å². The molecule has 0 saturated heterocycles. The number of aryl methyl sites for hydroxylation is 1. The highest BCUT2D eigenvalue weighted by Crippen LogP contribution is 2.42. The minimum Gasteiger partial charge on any atom is -0.404 e. The van der Waals surface area contributed by atoms with Crippen molar-refractivity contribution < 1.29 is 23.3 Å². The van der Waals surface area contributed by atoms with E-state index in [4.69, 9.17) is 9.42 Å². The molecule has 0 radical (unpaired) electrons. The lowest BCUT2D eigenvalue weighted by molar-refractivity contribution is -0.118. The van der Waals surface area contributed by atoms with E-state index in [0.29, 0.717) is 19.3 Å². The topological polar surface area (TPSA) is 72.8 Å². The summed E-state index contributed by atoms with van der Waals surface area (Å²) in [4.78, 5) is 20.3. The number of carbonyl (C=O) groups is 1. The van der Waals surface area contributed by atoms with Gasteiger partial charge in [0.05, 0.1) is 0 Å². The highest BCUT2D eigenvalue weighted by molar-refractivity contribution is 7.47. The van der Waals surface area contributed by atoms with Crippen molar-refractivity contribution in [3.63, 3.8) is 0 Å². The third-order valence-electron chi connectivity index (χ3n) is 2.46. The monoisotopic (exact) mass is 272 g/mol. The van der Waals surface area contributed by atoms with Crippen LogP contribution in [-0.2, 0) is 20.3 Å². The van der Waals surface area contributed by atoms with E-state index in [0.717, 1.165) is 12.7 Å². The van der Waals surface area contributed by atoms with Crippen LogP contribution in [0.2, 0.25) is 0 Å². The lowest BCUT2D eigenvalue weighted by Crippen LogP contribution is -1.98. The largest absolute Gasteiger partial charge is 0.527 e. The van der Waals surface area contributed by atoms with E-state index < -0.39 is 7.82 Å². The van der Waals surface area contributed by atoms with Crippen molar-refractivity contribution in [1.29, 1.82) is 0 Å². The number of ketones is 1. The van der Waals surface area contributed by atoms with Gasteiger partial charge < -0.3 is 4.52 Å². The number of phosphoric acid groups is 1. The van der Waals surface area contributed by atoms with E-state index >= 15 is 0 Å². The van der Waals surface area contributed by atoms with Crippen molar-refractivity contribution in [2.45, 2.75) is 26.2 Å². The zero-order chi connectivity index (χ0) is 13.6. The molecule has 0 fully saturated rings. The molecule has 100 valence electrons. The summed E-state index contributed by atoms with van der Waals surface area (Å²) in [6.07, 6.45) is 1.71. The Kier molecular flexibility index (Phi) is 5.54. The predicted octanol–water partition coefficient (Wildman–Crippen LogP) is 2.72. The molecule has 18 heavy (non-hydrogen) atoms. The Morgan fingerprint density at radius 3 is 2.44 bits per heavy atom. The fourth-order valence-corrected chi connectivity index (χ4v) is 1.81. The predicted molar refractivity (Wildman–Crippen MR) is 67.5 cm³/mol. The van der Waals surface area contributed by atoms with Crippen LogP contribution in [-0.4, -0.2) is 17.8 Å². The molecule has 0 amide bonds. The Morgan fingerprint density at radius 1 is 1.33 bits per heavy atom. The first-order valence-electron chi connectivity index (χ1n) is 5.65. The summed E-state index contributed by atoms with van der Waals surface area (Å²) < 4.78 is 20.2. The molecule has 1 aromatic rings.